The summed E-state index contributed by atoms with van der Waals surface area (Å²) in [6, 6.07) is 10.2. The van der Waals surface area contributed by atoms with Gasteiger partial charge >= 0.3 is 6.09 Å². The van der Waals surface area contributed by atoms with Gasteiger partial charge in [0.15, 0.2) is 0 Å². The third kappa shape index (κ3) is 5.09. The lowest BCUT2D eigenvalue weighted by Crippen LogP contribution is -2.27. The number of methoxy groups -OCH3 is 2. The van der Waals surface area contributed by atoms with Crippen LogP contribution in [-0.2, 0) is 4.74 Å². The lowest BCUT2D eigenvalue weighted by Gasteiger charge is -2.20. The molecule has 164 valence electrons. The van der Waals surface area contributed by atoms with Crippen LogP contribution in [0.3, 0.4) is 0 Å². The minimum absolute atomic E-state index is 0.349. The number of hydrogen-bond donors (Lipinski definition) is 2. The highest BCUT2D eigenvalue weighted by Crippen LogP contribution is 2.32. The van der Waals surface area contributed by atoms with Crippen molar-refractivity contribution in [3.63, 3.8) is 0 Å². The van der Waals surface area contributed by atoms with Crippen LogP contribution < -0.4 is 20.1 Å². The van der Waals surface area contributed by atoms with Crippen LogP contribution in [0.1, 0.15) is 36.9 Å². The summed E-state index contributed by atoms with van der Waals surface area (Å²) in [6.45, 7) is 7.04. The topological polar surface area (TPSA) is 99.0 Å². The van der Waals surface area contributed by atoms with E-state index in [-0.39, 0.29) is 5.91 Å². The van der Waals surface area contributed by atoms with Crippen LogP contribution in [0.5, 0.6) is 11.5 Å². The van der Waals surface area contributed by atoms with Crippen molar-refractivity contribution in [2.24, 2.45) is 0 Å². The van der Waals surface area contributed by atoms with Gasteiger partial charge in [-0.3, -0.25) is 10.1 Å². The van der Waals surface area contributed by atoms with Gasteiger partial charge < -0.3 is 23.9 Å². The Labute approximate surface area is 180 Å². The SMILES string of the molecule is COc1ccc2oc(C)c(C(=O)Nc3ccc(OC)c(NC(=O)OC(C)(C)C)c3)c2c1. The number of furan rings is 1. The fraction of sp³-hybridized carbons (Fsp3) is 0.304. The highest BCUT2D eigenvalue weighted by Gasteiger charge is 2.21. The summed E-state index contributed by atoms with van der Waals surface area (Å²) in [6.07, 6.45) is -0.627. The molecule has 0 radical (unpaired) electrons. The Hall–Kier alpha value is -3.68. The molecule has 0 atom stereocenters. The molecule has 2 N–H and O–H groups in total. The second-order valence-corrected chi connectivity index (χ2v) is 7.89. The number of hydrogen-bond acceptors (Lipinski definition) is 6. The highest BCUT2D eigenvalue weighted by molar-refractivity contribution is 6.13. The van der Waals surface area contributed by atoms with E-state index in [4.69, 9.17) is 18.6 Å². The molecule has 3 rings (SSSR count). The summed E-state index contributed by atoms with van der Waals surface area (Å²) < 4.78 is 21.6. The number of benzene rings is 2. The Bertz CT molecular complexity index is 1130. The van der Waals surface area contributed by atoms with E-state index in [9.17, 15) is 9.59 Å². The summed E-state index contributed by atoms with van der Waals surface area (Å²) in [4.78, 5) is 25.2. The van der Waals surface area contributed by atoms with E-state index in [1.54, 1.807) is 71.2 Å². The molecule has 0 aliphatic heterocycles. The van der Waals surface area contributed by atoms with Gasteiger partial charge in [0.05, 0.1) is 25.5 Å². The molecule has 31 heavy (non-hydrogen) atoms. The molecule has 8 nitrogen and oxygen atoms in total. The van der Waals surface area contributed by atoms with Crippen LogP contribution in [-0.4, -0.2) is 31.8 Å². The third-order valence-corrected chi connectivity index (χ3v) is 4.39. The first-order chi connectivity index (χ1) is 14.6. The van der Waals surface area contributed by atoms with Crippen LogP contribution in [0.4, 0.5) is 16.2 Å². The maximum absolute atomic E-state index is 13.0. The number of carbonyl (C=O) groups excluding carboxylic acids is 2. The Morgan fingerprint density at radius 3 is 2.35 bits per heavy atom. The van der Waals surface area contributed by atoms with Crippen molar-refractivity contribution in [1.82, 2.24) is 0 Å². The number of amides is 2. The zero-order valence-corrected chi connectivity index (χ0v) is 18.4. The molecule has 0 spiro atoms. The molecule has 0 bridgehead atoms. The number of carbonyl (C=O) groups is 2. The average Bonchev–Trinajstić information content (AvgIpc) is 3.01. The second kappa shape index (κ2) is 8.59. The third-order valence-electron chi connectivity index (χ3n) is 4.39. The van der Waals surface area contributed by atoms with E-state index in [1.807, 2.05) is 0 Å². The van der Waals surface area contributed by atoms with E-state index >= 15 is 0 Å². The number of aryl methyl sites for hydroxylation is 1. The molecule has 0 saturated carbocycles. The maximum Gasteiger partial charge on any atom is 0.412 e. The first-order valence-corrected chi connectivity index (χ1v) is 9.68. The van der Waals surface area contributed by atoms with Gasteiger partial charge in [-0.15, -0.1) is 0 Å². The van der Waals surface area contributed by atoms with Crippen LogP contribution in [0.15, 0.2) is 40.8 Å². The smallest absolute Gasteiger partial charge is 0.412 e. The summed E-state index contributed by atoms with van der Waals surface area (Å²) in [5.74, 6) is 1.19. The van der Waals surface area contributed by atoms with Crippen LogP contribution in [0.2, 0.25) is 0 Å². The monoisotopic (exact) mass is 426 g/mol. The minimum atomic E-state index is -0.649. The standard InChI is InChI=1S/C23H26N2O6/c1-13-20(16-12-15(28-5)8-10-18(16)30-13)21(26)24-14-7-9-19(29-6)17(11-14)25-22(27)31-23(2,3)4/h7-12H,1-6H3,(H,24,26)(H,25,27). The quantitative estimate of drug-likeness (QED) is 0.570. The fourth-order valence-electron chi connectivity index (χ4n) is 3.10. The summed E-state index contributed by atoms with van der Waals surface area (Å²) in [5, 5.41) is 6.14. The van der Waals surface area contributed by atoms with Crippen molar-refractivity contribution < 1.29 is 28.2 Å². The zero-order chi connectivity index (χ0) is 22.8. The van der Waals surface area contributed by atoms with E-state index in [0.717, 1.165) is 0 Å². The fourth-order valence-corrected chi connectivity index (χ4v) is 3.10. The molecular formula is C23H26N2O6. The van der Waals surface area contributed by atoms with Crippen molar-refractivity contribution in [2.75, 3.05) is 24.9 Å². The molecule has 1 aromatic heterocycles. The number of nitrogens with one attached hydrogen (secondary N) is 2. The van der Waals surface area contributed by atoms with Gasteiger partial charge in [-0.25, -0.2) is 4.79 Å². The molecule has 0 unspecified atom stereocenters. The van der Waals surface area contributed by atoms with E-state index in [1.165, 1.54) is 7.11 Å². The predicted octanol–water partition coefficient (Wildman–Crippen LogP) is 5.36. The largest absolute Gasteiger partial charge is 0.497 e. The van der Waals surface area contributed by atoms with Crippen molar-refractivity contribution in [3.8, 4) is 11.5 Å². The van der Waals surface area contributed by atoms with Crippen LogP contribution in [0.25, 0.3) is 11.0 Å². The molecule has 1 heterocycles. The van der Waals surface area contributed by atoms with Crippen LogP contribution in [0, 0.1) is 6.92 Å². The second-order valence-electron chi connectivity index (χ2n) is 7.89. The predicted molar refractivity (Wildman–Crippen MR) is 118 cm³/mol. The molecule has 0 fully saturated rings. The first kappa shape index (κ1) is 22.0. The van der Waals surface area contributed by atoms with Crippen molar-refractivity contribution in [3.05, 3.63) is 47.7 Å². The van der Waals surface area contributed by atoms with Gasteiger partial charge in [0, 0.05) is 11.1 Å². The van der Waals surface area contributed by atoms with E-state index in [0.29, 0.717) is 45.2 Å². The number of anilines is 2. The van der Waals surface area contributed by atoms with E-state index in [2.05, 4.69) is 10.6 Å². The van der Waals surface area contributed by atoms with Crippen molar-refractivity contribution in [1.29, 1.82) is 0 Å². The van der Waals surface area contributed by atoms with Crippen molar-refractivity contribution in [2.45, 2.75) is 33.3 Å². The van der Waals surface area contributed by atoms with Gasteiger partial charge in [-0.05, 0) is 64.1 Å². The lowest BCUT2D eigenvalue weighted by molar-refractivity contribution is 0.0635. The van der Waals surface area contributed by atoms with Crippen molar-refractivity contribution >= 4 is 34.3 Å². The maximum atomic E-state index is 13.0. The first-order valence-electron chi connectivity index (χ1n) is 9.68. The Kier molecular flexibility index (Phi) is 6.10. The van der Waals surface area contributed by atoms with Gasteiger partial charge in [0.25, 0.3) is 5.91 Å². The Balaban J connectivity index is 1.87. The van der Waals surface area contributed by atoms with Gasteiger partial charge in [-0.2, -0.15) is 0 Å². The van der Waals surface area contributed by atoms with Crippen LogP contribution >= 0.6 is 0 Å². The molecule has 3 aromatic rings. The number of fused-ring (bicyclic) bond motifs is 1. The minimum Gasteiger partial charge on any atom is -0.497 e. The summed E-state index contributed by atoms with van der Waals surface area (Å²) >= 11 is 0. The molecule has 0 aliphatic rings. The molecule has 0 aliphatic carbocycles. The van der Waals surface area contributed by atoms with Gasteiger partial charge in [0.1, 0.15) is 28.4 Å². The van der Waals surface area contributed by atoms with E-state index < -0.39 is 11.7 Å². The van der Waals surface area contributed by atoms with Gasteiger partial charge in [-0.1, -0.05) is 0 Å². The summed E-state index contributed by atoms with van der Waals surface area (Å²) in [5.41, 5.74) is 1.18. The summed E-state index contributed by atoms with van der Waals surface area (Å²) in [7, 11) is 3.05. The van der Waals surface area contributed by atoms with Gasteiger partial charge in [0.2, 0.25) is 0 Å². The lowest BCUT2D eigenvalue weighted by atomic mass is 10.1. The molecular weight excluding hydrogens is 400 g/mol. The zero-order valence-electron chi connectivity index (χ0n) is 18.4. The normalized spacial score (nSPS) is 11.2. The Morgan fingerprint density at radius 1 is 0.968 bits per heavy atom. The molecule has 2 aromatic carbocycles. The highest BCUT2D eigenvalue weighted by atomic mass is 16.6. The Morgan fingerprint density at radius 2 is 1.71 bits per heavy atom. The molecule has 8 heteroatoms. The number of rotatable bonds is 5. The average molecular weight is 426 g/mol. The number of ether oxygens (including phenoxy) is 3. The molecule has 0 saturated heterocycles. The molecule has 2 amide bonds.